The Morgan fingerprint density at radius 2 is 1.94 bits per heavy atom. The molecule has 1 saturated carbocycles. The fraction of sp³-hybridized carbons (Fsp3) is 0.875. The van der Waals surface area contributed by atoms with Crippen molar-refractivity contribution in [1.82, 2.24) is 0 Å². The van der Waals surface area contributed by atoms with E-state index in [9.17, 15) is 0 Å². The number of ether oxygens (including phenoxy) is 1. The molecule has 0 radical (unpaired) electrons. The van der Waals surface area contributed by atoms with Crippen LogP contribution in [0.1, 0.15) is 64.2 Å². The second kappa shape index (κ2) is 9.57. The molecule has 0 heterocycles. The average molecular weight is 253 g/mol. The van der Waals surface area contributed by atoms with Crippen molar-refractivity contribution in [1.29, 1.82) is 0 Å². The van der Waals surface area contributed by atoms with Gasteiger partial charge in [-0.2, -0.15) is 0 Å². The molecule has 2 nitrogen and oxygen atoms in total. The zero-order valence-electron chi connectivity index (χ0n) is 12.1. The summed E-state index contributed by atoms with van der Waals surface area (Å²) in [5.74, 6) is 0.701. The normalized spacial score (nSPS) is 20.6. The minimum absolute atomic E-state index is 0.224. The van der Waals surface area contributed by atoms with E-state index in [2.05, 4.69) is 6.58 Å². The van der Waals surface area contributed by atoms with Crippen molar-refractivity contribution >= 4 is 0 Å². The van der Waals surface area contributed by atoms with Gasteiger partial charge in [0, 0.05) is 13.2 Å². The van der Waals surface area contributed by atoms with Gasteiger partial charge in [0.2, 0.25) is 0 Å². The maximum atomic E-state index is 6.33. The smallest absolute Gasteiger partial charge is 0.0750 e. The van der Waals surface area contributed by atoms with Gasteiger partial charge in [0.15, 0.2) is 0 Å². The molecular formula is C16H31NO. The Hall–Kier alpha value is -0.340. The van der Waals surface area contributed by atoms with E-state index in [0.29, 0.717) is 5.92 Å². The molecule has 1 rings (SSSR count). The first-order chi connectivity index (χ1) is 8.79. The topological polar surface area (TPSA) is 35.2 Å². The molecule has 1 aliphatic rings. The molecule has 2 unspecified atom stereocenters. The molecule has 1 fully saturated rings. The molecule has 0 aliphatic heterocycles. The Balaban J connectivity index is 2.23. The van der Waals surface area contributed by atoms with Crippen LogP contribution in [0.15, 0.2) is 12.7 Å². The molecule has 0 saturated heterocycles. The summed E-state index contributed by atoms with van der Waals surface area (Å²) in [6.07, 6.45) is 15.0. The number of unbranched alkanes of at least 4 members (excludes halogenated alkanes) is 3. The van der Waals surface area contributed by atoms with Crippen LogP contribution in [0.2, 0.25) is 0 Å². The first kappa shape index (κ1) is 15.7. The predicted octanol–water partition coefficient (Wildman–Crippen LogP) is 4.05. The molecule has 1 aliphatic carbocycles. The largest absolute Gasteiger partial charge is 0.380 e. The quantitative estimate of drug-likeness (QED) is 0.497. The number of nitrogens with two attached hydrogens (primary N) is 1. The lowest BCUT2D eigenvalue weighted by atomic mass is 9.81. The van der Waals surface area contributed by atoms with Gasteiger partial charge in [-0.05, 0) is 38.0 Å². The number of hydrogen-bond acceptors (Lipinski definition) is 2. The molecule has 0 bridgehead atoms. The first-order valence-electron chi connectivity index (χ1n) is 7.69. The van der Waals surface area contributed by atoms with E-state index < -0.39 is 0 Å². The van der Waals surface area contributed by atoms with Crippen LogP contribution >= 0.6 is 0 Å². The summed E-state index contributed by atoms with van der Waals surface area (Å²) in [7, 11) is 1.83. The Kier molecular flexibility index (Phi) is 8.36. The van der Waals surface area contributed by atoms with Crippen LogP contribution in [0.4, 0.5) is 0 Å². The number of rotatable bonds is 9. The van der Waals surface area contributed by atoms with Gasteiger partial charge in [-0.3, -0.25) is 0 Å². The van der Waals surface area contributed by atoms with Crippen molar-refractivity contribution in [3.05, 3.63) is 12.7 Å². The van der Waals surface area contributed by atoms with Gasteiger partial charge in [0.1, 0.15) is 0 Å². The number of allylic oxidation sites excluding steroid dienone is 1. The number of methoxy groups -OCH3 is 1. The van der Waals surface area contributed by atoms with E-state index in [0.717, 1.165) is 12.8 Å². The molecule has 0 amide bonds. The van der Waals surface area contributed by atoms with Crippen LogP contribution in [0, 0.1) is 5.92 Å². The van der Waals surface area contributed by atoms with Crippen molar-refractivity contribution in [2.75, 3.05) is 7.11 Å². The standard InChI is InChI=1S/C16H31NO/c1-3-4-5-6-10-13-15(17)16(18-2)14-11-8-7-9-12-14/h3,14-16H,1,4-13,17H2,2H3. The molecular weight excluding hydrogens is 222 g/mol. The first-order valence-corrected chi connectivity index (χ1v) is 7.69. The van der Waals surface area contributed by atoms with E-state index in [4.69, 9.17) is 10.5 Å². The zero-order valence-corrected chi connectivity index (χ0v) is 12.1. The Morgan fingerprint density at radius 1 is 1.22 bits per heavy atom. The summed E-state index contributed by atoms with van der Waals surface area (Å²) in [5, 5.41) is 0. The summed E-state index contributed by atoms with van der Waals surface area (Å²) in [5.41, 5.74) is 6.33. The van der Waals surface area contributed by atoms with Gasteiger partial charge < -0.3 is 10.5 Å². The summed E-state index contributed by atoms with van der Waals surface area (Å²) < 4.78 is 5.69. The third kappa shape index (κ3) is 5.53. The highest BCUT2D eigenvalue weighted by atomic mass is 16.5. The van der Waals surface area contributed by atoms with Crippen molar-refractivity contribution in [2.24, 2.45) is 11.7 Å². The zero-order chi connectivity index (χ0) is 13.2. The minimum atomic E-state index is 0.224. The fourth-order valence-electron chi connectivity index (χ4n) is 3.19. The lowest BCUT2D eigenvalue weighted by Gasteiger charge is -2.33. The Bertz CT molecular complexity index is 211. The van der Waals surface area contributed by atoms with Crippen LogP contribution in [-0.4, -0.2) is 19.3 Å². The van der Waals surface area contributed by atoms with Gasteiger partial charge in [-0.25, -0.2) is 0 Å². The Morgan fingerprint density at radius 3 is 2.56 bits per heavy atom. The second-order valence-electron chi connectivity index (χ2n) is 5.69. The highest BCUT2D eigenvalue weighted by Crippen LogP contribution is 2.29. The lowest BCUT2D eigenvalue weighted by Crippen LogP contribution is -2.42. The van der Waals surface area contributed by atoms with E-state index in [1.165, 1.54) is 51.4 Å². The molecule has 0 spiro atoms. The molecule has 106 valence electrons. The Labute approximate surface area is 113 Å². The third-order valence-corrected chi connectivity index (χ3v) is 4.25. The van der Waals surface area contributed by atoms with E-state index in [1.54, 1.807) is 0 Å². The molecule has 0 aromatic heterocycles. The summed E-state index contributed by atoms with van der Waals surface area (Å²) in [4.78, 5) is 0. The summed E-state index contributed by atoms with van der Waals surface area (Å²) >= 11 is 0. The van der Waals surface area contributed by atoms with Gasteiger partial charge in [0.25, 0.3) is 0 Å². The molecule has 2 heteroatoms. The monoisotopic (exact) mass is 253 g/mol. The van der Waals surface area contributed by atoms with Crippen molar-refractivity contribution in [3.63, 3.8) is 0 Å². The molecule has 2 atom stereocenters. The maximum Gasteiger partial charge on any atom is 0.0750 e. The number of hydrogen-bond donors (Lipinski definition) is 1. The van der Waals surface area contributed by atoms with E-state index in [1.807, 2.05) is 13.2 Å². The summed E-state index contributed by atoms with van der Waals surface area (Å²) in [6, 6.07) is 0.224. The average Bonchev–Trinajstić information content (AvgIpc) is 2.40. The minimum Gasteiger partial charge on any atom is -0.380 e. The van der Waals surface area contributed by atoms with Gasteiger partial charge in [-0.1, -0.05) is 38.2 Å². The van der Waals surface area contributed by atoms with Crippen molar-refractivity contribution in [2.45, 2.75) is 76.4 Å². The van der Waals surface area contributed by atoms with Crippen LogP contribution < -0.4 is 5.73 Å². The van der Waals surface area contributed by atoms with Crippen LogP contribution in [0.3, 0.4) is 0 Å². The lowest BCUT2D eigenvalue weighted by molar-refractivity contribution is 0.0154. The molecule has 0 aromatic rings. The molecule has 18 heavy (non-hydrogen) atoms. The van der Waals surface area contributed by atoms with Gasteiger partial charge >= 0.3 is 0 Å². The third-order valence-electron chi connectivity index (χ3n) is 4.25. The highest BCUT2D eigenvalue weighted by molar-refractivity contribution is 4.82. The van der Waals surface area contributed by atoms with Crippen molar-refractivity contribution in [3.8, 4) is 0 Å². The molecule has 2 N–H and O–H groups in total. The maximum absolute atomic E-state index is 6.33. The second-order valence-corrected chi connectivity index (χ2v) is 5.69. The predicted molar refractivity (Wildman–Crippen MR) is 78.6 cm³/mol. The summed E-state index contributed by atoms with van der Waals surface area (Å²) in [6.45, 7) is 3.75. The molecule has 0 aromatic carbocycles. The highest BCUT2D eigenvalue weighted by Gasteiger charge is 2.27. The van der Waals surface area contributed by atoms with E-state index in [-0.39, 0.29) is 12.1 Å². The van der Waals surface area contributed by atoms with Gasteiger partial charge in [0.05, 0.1) is 6.10 Å². The van der Waals surface area contributed by atoms with Crippen molar-refractivity contribution < 1.29 is 4.74 Å². The van der Waals surface area contributed by atoms with Gasteiger partial charge in [-0.15, -0.1) is 6.58 Å². The SMILES string of the molecule is C=CCCCCCC(N)C(OC)C1CCCCC1. The van der Waals surface area contributed by atoms with E-state index >= 15 is 0 Å². The fourth-order valence-corrected chi connectivity index (χ4v) is 3.19. The van der Waals surface area contributed by atoms with Crippen LogP contribution in [-0.2, 0) is 4.74 Å². The van der Waals surface area contributed by atoms with Crippen LogP contribution in [0.5, 0.6) is 0 Å². The van der Waals surface area contributed by atoms with Crippen LogP contribution in [0.25, 0.3) is 0 Å².